The molecule has 1 aliphatic rings. The molecule has 1 saturated carbocycles. The molecule has 1 fully saturated rings. The minimum absolute atomic E-state index is 0.0224. The normalized spacial score (nSPS) is 16.8. The van der Waals surface area contributed by atoms with E-state index in [9.17, 15) is 10.1 Å². The maximum atomic E-state index is 13.4. The van der Waals surface area contributed by atoms with Crippen LogP contribution in [-0.4, -0.2) is 15.3 Å². The molecule has 124 valence electrons. The first-order chi connectivity index (χ1) is 12.2. The number of fused-ring (bicyclic) bond motifs is 1. The molecule has 0 saturated heterocycles. The summed E-state index contributed by atoms with van der Waals surface area (Å²) in [6.45, 7) is 0. The SMILES string of the molecule is Cn1c(C(C#N)C(=O)C2(c3ccccc3)CCC2)nc2ccccc21. The molecule has 0 radical (unpaired) electrons. The van der Waals surface area contributed by atoms with E-state index in [0.717, 1.165) is 35.9 Å². The first kappa shape index (κ1) is 15.6. The molecule has 4 nitrogen and oxygen atoms in total. The fraction of sp³-hybridized carbons (Fsp3) is 0.286. The van der Waals surface area contributed by atoms with Gasteiger partial charge in [-0.3, -0.25) is 4.79 Å². The quantitative estimate of drug-likeness (QED) is 0.730. The zero-order valence-electron chi connectivity index (χ0n) is 14.1. The minimum atomic E-state index is -0.849. The molecular weight excluding hydrogens is 310 g/mol. The van der Waals surface area contributed by atoms with Crippen molar-refractivity contribution in [3.05, 3.63) is 66.0 Å². The molecule has 3 aromatic rings. The van der Waals surface area contributed by atoms with Gasteiger partial charge in [0.1, 0.15) is 5.82 Å². The number of carbonyl (C=O) groups is 1. The van der Waals surface area contributed by atoms with E-state index < -0.39 is 11.3 Å². The summed E-state index contributed by atoms with van der Waals surface area (Å²) < 4.78 is 1.87. The van der Waals surface area contributed by atoms with Gasteiger partial charge in [0.05, 0.1) is 22.5 Å². The molecule has 2 aromatic carbocycles. The number of carbonyl (C=O) groups excluding carboxylic acids is 1. The second-order valence-corrected chi connectivity index (χ2v) is 6.75. The number of para-hydroxylation sites is 2. The summed E-state index contributed by atoms with van der Waals surface area (Å²) in [5, 5.41) is 9.81. The van der Waals surface area contributed by atoms with Crippen LogP contribution in [0.4, 0.5) is 0 Å². The Bertz CT molecular complexity index is 977. The summed E-state index contributed by atoms with van der Waals surface area (Å²) in [5.41, 5.74) is 2.23. The lowest BCUT2D eigenvalue weighted by atomic mass is 9.59. The zero-order chi connectivity index (χ0) is 17.4. The Labute approximate surface area is 146 Å². The van der Waals surface area contributed by atoms with Gasteiger partial charge in [0.25, 0.3) is 0 Å². The first-order valence-corrected chi connectivity index (χ1v) is 8.58. The monoisotopic (exact) mass is 329 g/mol. The van der Waals surface area contributed by atoms with Gasteiger partial charge in [-0.15, -0.1) is 0 Å². The molecule has 0 bridgehead atoms. The number of hydrogen-bond acceptors (Lipinski definition) is 3. The fourth-order valence-electron chi connectivity index (χ4n) is 3.90. The van der Waals surface area contributed by atoms with Gasteiger partial charge in [0.15, 0.2) is 11.7 Å². The van der Waals surface area contributed by atoms with Gasteiger partial charge in [0.2, 0.25) is 0 Å². The number of benzene rings is 2. The van der Waals surface area contributed by atoms with E-state index in [1.165, 1.54) is 0 Å². The van der Waals surface area contributed by atoms with Crippen LogP contribution in [0.3, 0.4) is 0 Å². The number of nitriles is 1. The smallest absolute Gasteiger partial charge is 0.168 e. The maximum absolute atomic E-state index is 13.4. The van der Waals surface area contributed by atoms with E-state index in [1.807, 2.05) is 66.2 Å². The highest BCUT2D eigenvalue weighted by Crippen LogP contribution is 2.47. The molecular formula is C21H19N3O. The van der Waals surface area contributed by atoms with Crippen LogP contribution in [-0.2, 0) is 17.3 Å². The molecule has 1 aromatic heterocycles. The molecule has 25 heavy (non-hydrogen) atoms. The third-order valence-electron chi connectivity index (χ3n) is 5.48. The van der Waals surface area contributed by atoms with Crippen molar-refractivity contribution in [1.82, 2.24) is 9.55 Å². The predicted molar refractivity (Wildman–Crippen MR) is 96.0 cm³/mol. The van der Waals surface area contributed by atoms with E-state index >= 15 is 0 Å². The highest BCUT2D eigenvalue weighted by Gasteiger charge is 2.49. The molecule has 1 heterocycles. The minimum Gasteiger partial charge on any atom is -0.330 e. The van der Waals surface area contributed by atoms with Crippen LogP contribution in [0.25, 0.3) is 11.0 Å². The topological polar surface area (TPSA) is 58.7 Å². The van der Waals surface area contributed by atoms with Gasteiger partial charge in [-0.1, -0.05) is 48.9 Å². The van der Waals surface area contributed by atoms with Crippen molar-refractivity contribution in [2.24, 2.45) is 7.05 Å². The second-order valence-electron chi connectivity index (χ2n) is 6.75. The first-order valence-electron chi connectivity index (χ1n) is 8.58. The molecule has 1 aliphatic carbocycles. The Morgan fingerprint density at radius 2 is 1.84 bits per heavy atom. The van der Waals surface area contributed by atoms with Gasteiger partial charge in [-0.05, 0) is 30.5 Å². The summed E-state index contributed by atoms with van der Waals surface area (Å²) in [5.74, 6) is -0.334. The van der Waals surface area contributed by atoms with Crippen molar-refractivity contribution < 1.29 is 4.79 Å². The number of aromatic nitrogens is 2. The Kier molecular flexibility index (Phi) is 3.65. The molecule has 4 heteroatoms. The van der Waals surface area contributed by atoms with Crippen molar-refractivity contribution >= 4 is 16.8 Å². The van der Waals surface area contributed by atoms with Gasteiger partial charge >= 0.3 is 0 Å². The predicted octanol–water partition coefficient (Wildman–Crippen LogP) is 3.87. The van der Waals surface area contributed by atoms with Crippen LogP contribution < -0.4 is 0 Å². The highest BCUT2D eigenvalue weighted by atomic mass is 16.1. The van der Waals surface area contributed by atoms with Crippen LogP contribution >= 0.6 is 0 Å². The molecule has 1 atom stereocenters. The largest absolute Gasteiger partial charge is 0.330 e. The van der Waals surface area contributed by atoms with E-state index in [2.05, 4.69) is 11.1 Å². The molecule has 1 unspecified atom stereocenters. The van der Waals surface area contributed by atoms with E-state index in [0.29, 0.717) is 5.82 Å². The Morgan fingerprint density at radius 3 is 2.44 bits per heavy atom. The van der Waals surface area contributed by atoms with Crippen molar-refractivity contribution in [1.29, 1.82) is 5.26 Å². The Morgan fingerprint density at radius 1 is 1.16 bits per heavy atom. The number of hydrogen-bond donors (Lipinski definition) is 0. The Balaban J connectivity index is 1.79. The van der Waals surface area contributed by atoms with Gasteiger partial charge < -0.3 is 4.57 Å². The maximum Gasteiger partial charge on any atom is 0.168 e. The van der Waals surface area contributed by atoms with Gasteiger partial charge in [-0.25, -0.2) is 4.98 Å². The number of nitrogens with zero attached hydrogens (tertiary/aromatic N) is 3. The second kappa shape index (κ2) is 5.86. The standard InChI is InChI=1S/C21H19N3O/c1-24-18-11-6-5-10-17(18)23-20(24)16(14-22)19(25)21(12-7-13-21)15-8-3-2-4-9-15/h2-6,8-11,16H,7,12-13H2,1H3. The lowest BCUT2D eigenvalue weighted by molar-refractivity contribution is -0.128. The van der Waals surface area contributed by atoms with E-state index in [4.69, 9.17) is 0 Å². The number of ketones is 1. The fourth-order valence-corrected chi connectivity index (χ4v) is 3.90. The summed E-state index contributed by atoms with van der Waals surface area (Å²) in [6.07, 6.45) is 2.62. The van der Waals surface area contributed by atoms with Crippen molar-refractivity contribution in [2.75, 3.05) is 0 Å². The van der Waals surface area contributed by atoms with Crippen LogP contribution in [0, 0.1) is 11.3 Å². The lowest BCUT2D eigenvalue weighted by Gasteiger charge is -2.41. The van der Waals surface area contributed by atoms with Crippen molar-refractivity contribution in [3.8, 4) is 6.07 Å². The Hall–Kier alpha value is -2.93. The average Bonchev–Trinajstić information content (AvgIpc) is 2.93. The van der Waals surface area contributed by atoms with Crippen molar-refractivity contribution in [3.63, 3.8) is 0 Å². The zero-order valence-corrected chi connectivity index (χ0v) is 14.1. The summed E-state index contributed by atoms with van der Waals surface area (Å²) >= 11 is 0. The summed E-state index contributed by atoms with van der Waals surface area (Å²) in [7, 11) is 1.87. The molecule has 0 spiro atoms. The van der Waals surface area contributed by atoms with E-state index in [-0.39, 0.29) is 5.78 Å². The molecule has 0 amide bonds. The van der Waals surface area contributed by atoms with Gasteiger partial charge in [0, 0.05) is 7.05 Å². The summed E-state index contributed by atoms with van der Waals surface area (Å²) in [4.78, 5) is 18.0. The van der Waals surface area contributed by atoms with Crippen LogP contribution in [0.1, 0.15) is 36.6 Å². The number of aryl methyl sites for hydroxylation is 1. The summed E-state index contributed by atoms with van der Waals surface area (Å²) in [6, 6.07) is 19.8. The highest BCUT2D eigenvalue weighted by molar-refractivity contribution is 5.98. The lowest BCUT2D eigenvalue weighted by Crippen LogP contribution is -2.45. The third-order valence-corrected chi connectivity index (χ3v) is 5.48. The van der Waals surface area contributed by atoms with Crippen LogP contribution in [0.2, 0.25) is 0 Å². The number of Topliss-reactive ketones (excluding diaryl/α,β-unsaturated/α-hetero) is 1. The average molecular weight is 329 g/mol. The van der Waals surface area contributed by atoms with Crippen molar-refractivity contribution in [2.45, 2.75) is 30.6 Å². The number of rotatable bonds is 4. The van der Waals surface area contributed by atoms with Gasteiger partial charge in [-0.2, -0.15) is 5.26 Å². The molecule has 4 rings (SSSR count). The molecule has 0 aliphatic heterocycles. The van der Waals surface area contributed by atoms with Crippen LogP contribution in [0.5, 0.6) is 0 Å². The number of imidazole rings is 1. The van der Waals surface area contributed by atoms with E-state index in [1.54, 1.807) is 0 Å². The third kappa shape index (κ3) is 2.27. The molecule has 0 N–H and O–H groups in total. The van der Waals surface area contributed by atoms with Crippen LogP contribution in [0.15, 0.2) is 54.6 Å².